The van der Waals surface area contributed by atoms with Crippen LogP contribution in [0.4, 0.5) is 0 Å². The highest BCUT2D eigenvalue weighted by molar-refractivity contribution is 6.27. The second-order valence-electron chi connectivity index (χ2n) is 15.5. The maximum absolute atomic E-state index is 2.43. The van der Waals surface area contributed by atoms with Crippen LogP contribution in [0, 0.1) is 6.92 Å². The summed E-state index contributed by atoms with van der Waals surface area (Å²) < 4.78 is 2.43. The molecule has 1 aromatic heterocycles. The van der Waals surface area contributed by atoms with Crippen LogP contribution in [0.2, 0.25) is 0 Å². The van der Waals surface area contributed by atoms with Crippen molar-refractivity contribution in [2.45, 2.75) is 39.5 Å². The zero-order valence-electron chi connectivity index (χ0n) is 30.7. The number of nitrogens with zero attached hydrogens (tertiary/aromatic N) is 1. The van der Waals surface area contributed by atoms with Gasteiger partial charge in [0, 0.05) is 16.5 Å². The minimum Gasteiger partial charge on any atom is -0.309 e. The lowest BCUT2D eigenvalue weighted by Gasteiger charge is -2.23. The molecule has 1 heterocycles. The minimum absolute atomic E-state index is 0.171. The number of aromatic nitrogens is 1. The van der Waals surface area contributed by atoms with Gasteiger partial charge in [-0.1, -0.05) is 166 Å². The summed E-state index contributed by atoms with van der Waals surface area (Å²) >= 11 is 0. The molecule has 0 saturated heterocycles. The summed E-state index contributed by atoms with van der Waals surface area (Å²) in [6.45, 7) is 9.06. The van der Waals surface area contributed by atoms with Crippen molar-refractivity contribution in [2.75, 3.05) is 0 Å². The van der Waals surface area contributed by atoms with E-state index in [9.17, 15) is 0 Å². The van der Waals surface area contributed by atoms with Crippen molar-refractivity contribution in [1.29, 1.82) is 0 Å². The summed E-state index contributed by atoms with van der Waals surface area (Å²) in [5.41, 5.74) is 14.0. The van der Waals surface area contributed by atoms with Gasteiger partial charge in [0.15, 0.2) is 0 Å². The van der Waals surface area contributed by atoms with Crippen molar-refractivity contribution in [2.24, 2.45) is 0 Å². The molecule has 0 aliphatic carbocycles. The van der Waals surface area contributed by atoms with Crippen LogP contribution >= 0.6 is 0 Å². The van der Waals surface area contributed by atoms with E-state index >= 15 is 0 Å². The molecule has 1 heteroatoms. The van der Waals surface area contributed by atoms with Gasteiger partial charge in [0.25, 0.3) is 0 Å². The van der Waals surface area contributed by atoms with Crippen LogP contribution in [0.15, 0.2) is 164 Å². The molecule has 0 saturated carbocycles. The number of hydrogen-bond donors (Lipinski definition) is 0. The lowest BCUT2D eigenvalue weighted by molar-refractivity contribution is 0.506. The topological polar surface area (TPSA) is 4.93 Å². The largest absolute Gasteiger partial charge is 0.309 e. The van der Waals surface area contributed by atoms with Crippen LogP contribution in [0.25, 0.3) is 93.2 Å². The summed E-state index contributed by atoms with van der Waals surface area (Å²) in [6, 6.07) is 61.4. The standard InChI is InChI=1S/C52H41N/c1-5-52(3,4)40-23-14-34(15-24-40)39-22-29-45-44-8-6-7-9-48(44)53(49(45)32-39)41-25-16-36(17-26-41)43-28-19-38-20-30-46-42(35-12-10-33(2)11-13-35)27-18-37-21-31-47(43)51(38)50(37)46/h6-32H,5H2,1-4H3. The summed E-state index contributed by atoms with van der Waals surface area (Å²) in [4.78, 5) is 0. The van der Waals surface area contributed by atoms with Gasteiger partial charge < -0.3 is 4.57 Å². The van der Waals surface area contributed by atoms with Gasteiger partial charge in [-0.05, 0) is 114 Å². The van der Waals surface area contributed by atoms with Crippen LogP contribution < -0.4 is 0 Å². The molecule has 0 aliphatic rings. The van der Waals surface area contributed by atoms with E-state index in [2.05, 4.69) is 196 Å². The first-order chi connectivity index (χ1) is 25.9. The quantitative estimate of drug-likeness (QED) is 0.154. The average molecular weight is 680 g/mol. The Hall–Kier alpha value is -6.18. The first-order valence-corrected chi connectivity index (χ1v) is 18.9. The van der Waals surface area contributed by atoms with E-state index in [-0.39, 0.29) is 5.41 Å². The number of benzene rings is 9. The fourth-order valence-electron chi connectivity index (χ4n) is 8.57. The number of rotatable bonds is 6. The van der Waals surface area contributed by atoms with Crippen LogP contribution in [0.3, 0.4) is 0 Å². The van der Waals surface area contributed by atoms with E-state index in [4.69, 9.17) is 0 Å². The number of para-hydroxylation sites is 1. The molecule has 53 heavy (non-hydrogen) atoms. The molecule has 0 bridgehead atoms. The number of aryl methyl sites for hydroxylation is 1. The van der Waals surface area contributed by atoms with Crippen molar-refractivity contribution in [1.82, 2.24) is 4.57 Å². The molecule has 0 atom stereocenters. The molecule has 0 unspecified atom stereocenters. The number of fused-ring (bicyclic) bond motifs is 3. The Morgan fingerprint density at radius 2 is 0.962 bits per heavy atom. The Balaban J connectivity index is 1.09. The molecule has 0 radical (unpaired) electrons. The maximum Gasteiger partial charge on any atom is 0.0547 e. The minimum atomic E-state index is 0.171. The zero-order chi connectivity index (χ0) is 35.8. The lowest BCUT2D eigenvalue weighted by atomic mass is 9.82. The molecule has 1 nitrogen and oxygen atoms in total. The predicted molar refractivity (Wildman–Crippen MR) is 229 cm³/mol. The molecular weight excluding hydrogens is 639 g/mol. The first kappa shape index (κ1) is 31.5. The predicted octanol–water partition coefficient (Wildman–Crippen LogP) is 14.7. The third-order valence-electron chi connectivity index (χ3n) is 12.0. The summed E-state index contributed by atoms with van der Waals surface area (Å²) in [6.07, 6.45) is 1.11. The van der Waals surface area contributed by atoms with Crippen LogP contribution in [0.5, 0.6) is 0 Å². The van der Waals surface area contributed by atoms with Gasteiger partial charge in [-0.25, -0.2) is 0 Å². The van der Waals surface area contributed by atoms with Crippen molar-refractivity contribution >= 4 is 54.1 Å². The molecule has 0 amide bonds. The van der Waals surface area contributed by atoms with Crippen molar-refractivity contribution in [3.8, 4) is 39.1 Å². The molecule has 10 rings (SSSR count). The molecule has 9 aromatic carbocycles. The lowest BCUT2D eigenvalue weighted by Crippen LogP contribution is -2.14. The molecule has 0 spiro atoms. The van der Waals surface area contributed by atoms with E-state index < -0.39 is 0 Å². The van der Waals surface area contributed by atoms with Gasteiger partial charge in [0.2, 0.25) is 0 Å². The van der Waals surface area contributed by atoms with Crippen molar-refractivity contribution in [3.05, 3.63) is 175 Å². The normalized spacial score (nSPS) is 12.2. The first-order valence-electron chi connectivity index (χ1n) is 18.9. The monoisotopic (exact) mass is 679 g/mol. The van der Waals surface area contributed by atoms with Crippen LogP contribution in [-0.2, 0) is 5.41 Å². The van der Waals surface area contributed by atoms with Crippen LogP contribution in [-0.4, -0.2) is 4.57 Å². The second kappa shape index (κ2) is 11.9. The number of hydrogen-bond acceptors (Lipinski definition) is 0. The molecule has 0 fully saturated rings. The van der Waals surface area contributed by atoms with Crippen molar-refractivity contribution < 1.29 is 0 Å². The molecule has 0 N–H and O–H groups in total. The maximum atomic E-state index is 2.43. The second-order valence-corrected chi connectivity index (χ2v) is 15.5. The van der Waals surface area contributed by atoms with Gasteiger partial charge in [-0.2, -0.15) is 0 Å². The highest BCUT2D eigenvalue weighted by Gasteiger charge is 2.19. The highest BCUT2D eigenvalue weighted by atomic mass is 15.0. The Morgan fingerprint density at radius 1 is 0.453 bits per heavy atom. The molecule has 10 aromatic rings. The van der Waals surface area contributed by atoms with Gasteiger partial charge in [0.1, 0.15) is 0 Å². The summed E-state index contributed by atoms with van der Waals surface area (Å²) in [5.74, 6) is 0. The van der Waals surface area contributed by atoms with E-state index in [0.717, 1.165) is 12.1 Å². The van der Waals surface area contributed by atoms with Gasteiger partial charge >= 0.3 is 0 Å². The smallest absolute Gasteiger partial charge is 0.0547 e. The van der Waals surface area contributed by atoms with Gasteiger partial charge in [0.05, 0.1) is 11.0 Å². The van der Waals surface area contributed by atoms with Crippen LogP contribution in [0.1, 0.15) is 38.3 Å². The fraction of sp³-hybridized carbons (Fsp3) is 0.115. The Bertz CT molecular complexity index is 2970. The Labute approximate surface area is 311 Å². The van der Waals surface area contributed by atoms with E-state index in [1.165, 1.54) is 98.6 Å². The van der Waals surface area contributed by atoms with Gasteiger partial charge in [-0.15, -0.1) is 0 Å². The molecule has 254 valence electrons. The molecule has 0 aliphatic heterocycles. The van der Waals surface area contributed by atoms with E-state index in [1.807, 2.05) is 0 Å². The Morgan fingerprint density at radius 3 is 1.58 bits per heavy atom. The SMILES string of the molecule is CCC(C)(C)c1ccc(-c2ccc3c4ccccc4n(-c4ccc(-c5ccc6ccc7c(-c8ccc(C)cc8)ccc8ccc5c6c87)cc4)c3c2)cc1. The third kappa shape index (κ3) is 4.99. The summed E-state index contributed by atoms with van der Waals surface area (Å²) in [7, 11) is 0. The van der Waals surface area contributed by atoms with E-state index in [1.54, 1.807) is 0 Å². The highest BCUT2D eigenvalue weighted by Crippen LogP contribution is 2.43. The zero-order valence-corrected chi connectivity index (χ0v) is 30.7. The Kier molecular flexibility index (Phi) is 7.10. The summed E-state index contributed by atoms with van der Waals surface area (Å²) in [5, 5.41) is 10.4. The van der Waals surface area contributed by atoms with E-state index in [0.29, 0.717) is 0 Å². The van der Waals surface area contributed by atoms with Crippen molar-refractivity contribution in [3.63, 3.8) is 0 Å². The third-order valence-corrected chi connectivity index (χ3v) is 12.0. The molecular formula is C52H41N. The van der Waals surface area contributed by atoms with Gasteiger partial charge in [-0.3, -0.25) is 0 Å². The average Bonchev–Trinajstić information content (AvgIpc) is 3.54. The fourth-order valence-corrected chi connectivity index (χ4v) is 8.57.